The fourth-order valence-corrected chi connectivity index (χ4v) is 3.80. The molecule has 1 aliphatic heterocycles. The van der Waals surface area contributed by atoms with Crippen molar-refractivity contribution in [3.63, 3.8) is 0 Å². The molecular weight excluding hydrogens is 358 g/mol. The average molecular weight is 379 g/mol. The van der Waals surface area contributed by atoms with Gasteiger partial charge in [0, 0.05) is 29.1 Å². The van der Waals surface area contributed by atoms with Crippen molar-refractivity contribution < 1.29 is 9.32 Å². The Hall–Kier alpha value is -2.60. The van der Waals surface area contributed by atoms with Gasteiger partial charge in [0.05, 0.1) is 5.92 Å². The van der Waals surface area contributed by atoms with Crippen LogP contribution in [0.25, 0.3) is 11.4 Å². The maximum atomic E-state index is 12.6. The van der Waals surface area contributed by atoms with Gasteiger partial charge in [0.25, 0.3) is 0 Å². The summed E-state index contributed by atoms with van der Waals surface area (Å²) in [7, 11) is 0. The third kappa shape index (κ3) is 3.37. The standard InChI is InChI=1S/C21H21N3O2S/c1-13-5-4-6-18(14(13)2)24-12-16(11-19(24)25)21-22-20(23-26-21)15-7-9-17(27-3)10-8-15/h4-10,16H,11-12H2,1-3H3. The topological polar surface area (TPSA) is 59.2 Å². The van der Waals surface area contributed by atoms with Crippen molar-refractivity contribution in [3.8, 4) is 11.4 Å². The van der Waals surface area contributed by atoms with E-state index >= 15 is 0 Å². The number of aryl methyl sites for hydroxylation is 1. The molecule has 1 unspecified atom stereocenters. The molecule has 0 saturated carbocycles. The predicted octanol–water partition coefficient (Wildman–Crippen LogP) is 4.60. The maximum Gasteiger partial charge on any atom is 0.232 e. The fourth-order valence-electron chi connectivity index (χ4n) is 3.39. The van der Waals surface area contributed by atoms with Crippen molar-refractivity contribution in [2.24, 2.45) is 0 Å². The molecule has 0 radical (unpaired) electrons. The van der Waals surface area contributed by atoms with E-state index in [-0.39, 0.29) is 11.8 Å². The highest BCUT2D eigenvalue weighted by molar-refractivity contribution is 7.98. The second-order valence-corrected chi connectivity index (χ2v) is 7.69. The molecule has 1 amide bonds. The number of amides is 1. The van der Waals surface area contributed by atoms with Gasteiger partial charge < -0.3 is 9.42 Å². The maximum absolute atomic E-state index is 12.6. The molecule has 1 aromatic heterocycles. The van der Waals surface area contributed by atoms with Gasteiger partial charge in [-0.3, -0.25) is 4.79 Å². The molecule has 2 aromatic carbocycles. The Balaban J connectivity index is 1.56. The molecule has 5 nitrogen and oxygen atoms in total. The third-order valence-electron chi connectivity index (χ3n) is 5.13. The summed E-state index contributed by atoms with van der Waals surface area (Å²) in [6.07, 6.45) is 2.43. The fraction of sp³-hybridized carbons (Fsp3) is 0.286. The number of hydrogen-bond donors (Lipinski definition) is 0. The summed E-state index contributed by atoms with van der Waals surface area (Å²) >= 11 is 1.69. The quantitative estimate of drug-likeness (QED) is 0.620. The van der Waals surface area contributed by atoms with Gasteiger partial charge in [-0.25, -0.2) is 0 Å². The van der Waals surface area contributed by atoms with Crippen LogP contribution in [0.3, 0.4) is 0 Å². The van der Waals surface area contributed by atoms with Gasteiger partial charge in [-0.15, -0.1) is 11.8 Å². The van der Waals surface area contributed by atoms with E-state index in [4.69, 9.17) is 4.52 Å². The number of nitrogens with zero attached hydrogens (tertiary/aromatic N) is 3. The van der Waals surface area contributed by atoms with Crippen LogP contribution >= 0.6 is 11.8 Å². The van der Waals surface area contributed by atoms with Crippen molar-refractivity contribution >= 4 is 23.4 Å². The van der Waals surface area contributed by atoms with Crippen molar-refractivity contribution in [3.05, 3.63) is 59.5 Å². The zero-order valence-corrected chi connectivity index (χ0v) is 16.4. The van der Waals surface area contributed by atoms with E-state index in [0.29, 0.717) is 24.7 Å². The monoisotopic (exact) mass is 379 g/mol. The second-order valence-electron chi connectivity index (χ2n) is 6.81. The summed E-state index contributed by atoms with van der Waals surface area (Å²) in [6.45, 7) is 4.67. The van der Waals surface area contributed by atoms with Crippen LogP contribution in [-0.4, -0.2) is 28.8 Å². The Morgan fingerprint density at radius 2 is 1.93 bits per heavy atom. The van der Waals surface area contributed by atoms with E-state index in [1.54, 1.807) is 11.8 Å². The molecular formula is C21H21N3O2S. The van der Waals surface area contributed by atoms with E-state index in [0.717, 1.165) is 16.8 Å². The van der Waals surface area contributed by atoms with Crippen molar-refractivity contribution in [1.29, 1.82) is 0 Å². The largest absolute Gasteiger partial charge is 0.339 e. The van der Waals surface area contributed by atoms with Gasteiger partial charge >= 0.3 is 0 Å². The molecule has 4 rings (SSSR count). The van der Waals surface area contributed by atoms with Crippen LogP contribution in [0.15, 0.2) is 51.9 Å². The predicted molar refractivity (Wildman–Crippen MR) is 107 cm³/mol. The minimum absolute atomic E-state index is 0.0795. The molecule has 3 aromatic rings. The van der Waals surface area contributed by atoms with Gasteiger partial charge in [-0.1, -0.05) is 17.3 Å². The minimum atomic E-state index is -0.0795. The number of thioether (sulfide) groups is 1. The lowest BCUT2D eigenvalue weighted by Crippen LogP contribution is -2.25. The molecule has 2 heterocycles. The van der Waals surface area contributed by atoms with E-state index < -0.39 is 0 Å². The molecule has 0 spiro atoms. The highest BCUT2D eigenvalue weighted by atomic mass is 32.2. The smallest absolute Gasteiger partial charge is 0.232 e. The molecule has 1 aliphatic rings. The number of rotatable bonds is 4. The Morgan fingerprint density at radius 1 is 1.15 bits per heavy atom. The first-order chi connectivity index (χ1) is 13.1. The van der Waals surface area contributed by atoms with E-state index in [9.17, 15) is 4.79 Å². The number of carbonyl (C=O) groups excluding carboxylic acids is 1. The van der Waals surface area contributed by atoms with E-state index in [2.05, 4.69) is 23.1 Å². The molecule has 0 aliphatic carbocycles. The van der Waals surface area contributed by atoms with Gasteiger partial charge in [0.2, 0.25) is 17.6 Å². The molecule has 1 fully saturated rings. The van der Waals surface area contributed by atoms with Gasteiger partial charge in [0.1, 0.15) is 0 Å². The van der Waals surface area contributed by atoms with E-state index in [1.807, 2.05) is 54.5 Å². The van der Waals surface area contributed by atoms with Gasteiger partial charge in [-0.05, 0) is 61.6 Å². The molecule has 138 valence electrons. The lowest BCUT2D eigenvalue weighted by atomic mass is 10.1. The highest BCUT2D eigenvalue weighted by Gasteiger charge is 2.35. The van der Waals surface area contributed by atoms with Crippen molar-refractivity contribution in [1.82, 2.24) is 10.1 Å². The lowest BCUT2D eigenvalue weighted by Gasteiger charge is -2.19. The Kier molecular flexibility index (Phi) is 4.74. The summed E-state index contributed by atoms with van der Waals surface area (Å²) in [5.74, 6) is 1.11. The lowest BCUT2D eigenvalue weighted by molar-refractivity contribution is -0.117. The summed E-state index contributed by atoms with van der Waals surface area (Å²) in [6, 6.07) is 14.1. The summed E-state index contributed by atoms with van der Waals surface area (Å²) in [5, 5.41) is 4.12. The molecule has 0 bridgehead atoms. The Morgan fingerprint density at radius 3 is 2.67 bits per heavy atom. The summed E-state index contributed by atoms with van der Waals surface area (Å²) < 4.78 is 5.50. The number of anilines is 1. The van der Waals surface area contributed by atoms with Crippen LogP contribution in [0, 0.1) is 13.8 Å². The number of hydrogen-bond acceptors (Lipinski definition) is 5. The van der Waals surface area contributed by atoms with Crippen molar-refractivity contribution in [2.75, 3.05) is 17.7 Å². The van der Waals surface area contributed by atoms with Crippen molar-refractivity contribution in [2.45, 2.75) is 31.1 Å². The Bertz CT molecular complexity index is 981. The first kappa shape index (κ1) is 17.8. The number of aromatic nitrogens is 2. The van der Waals surface area contributed by atoms with Crippen LogP contribution in [0.1, 0.15) is 29.4 Å². The van der Waals surface area contributed by atoms with Crippen LogP contribution in [0.4, 0.5) is 5.69 Å². The first-order valence-electron chi connectivity index (χ1n) is 8.91. The van der Waals surface area contributed by atoms with Crippen LogP contribution < -0.4 is 4.90 Å². The highest BCUT2D eigenvalue weighted by Crippen LogP contribution is 2.34. The zero-order chi connectivity index (χ0) is 19.0. The molecule has 1 atom stereocenters. The molecule has 1 saturated heterocycles. The van der Waals surface area contributed by atoms with Crippen LogP contribution in [-0.2, 0) is 4.79 Å². The minimum Gasteiger partial charge on any atom is -0.339 e. The van der Waals surface area contributed by atoms with Gasteiger partial charge in [-0.2, -0.15) is 4.98 Å². The average Bonchev–Trinajstić information content (AvgIpc) is 3.31. The summed E-state index contributed by atoms with van der Waals surface area (Å²) in [4.78, 5) is 20.2. The molecule has 0 N–H and O–H groups in total. The first-order valence-corrected chi connectivity index (χ1v) is 10.1. The van der Waals surface area contributed by atoms with Gasteiger partial charge in [0.15, 0.2) is 0 Å². The molecule has 27 heavy (non-hydrogen) atoms. The third-order valence-corrected chi connectivity index (χ3v) is 5.87. The molecule has 6 heteroatoms. The van der Waals surface area contributed by atoms with E-state index in [1.165, 1.54) is 10.5 Å². The van der Waals surface area contributed by atoms with Crippen LogP contribution in [0.2, 0.25) is 0 Å². The van der Waals surface area contributed by atoms with Crippen LogP contribution in [0.5, 0.6) is 0 Å². The number of carbonyl (C=O) groups is 1. The summed E-state index contributed by atoms with van der Waals surface area (Å²) in [5.41, 5.74) is 4.19. The SMILES string of the molecule is CSc1ccc(-c2noc(C3CC(=O)N(c4cccc(C)c4C)C3)n2)cc1. The normalized spacial score (nSPS) is 16.9. The number of benzene rings is 2. The Labute approximate surface area is 162 Å². The second kappa shape index (κ2) is 7.19. The zero-order valence-electron chi connectivity index (χ0n) is 15.6.